The zero-order valence-electron chi connectivity index (χ0n) is 10.6. The molecule has 0 aliphatic rings. The maximum Gasteiger partial charge on any atom is 0.236 e. The number of rotatable bonds is 5. The highest BCUT2D eigenvalue weighted by molar-refractivity contribution is 5.80. The van der Waals surface area contributed by atoms with Crippen LogP contribution >= 0.6 is 0 Å². The predicted octanol–water partition coefficient (Wildman–Crippen LogP) is 1.36. The van der Waals surface area contributed by atoms with Crippen LogP contribution < -0.4 is 15.8 Å². The predicted molar refractivity (Wildman–Crippen MR) is 67.8 cm³/mol. The van der Waals surface area contributed by atoms with Gasteiger partial charge in [0.2, 0.25) is 5.91 Å². The van der Waals surface area contributed by atoms with Crippen molar-refractivity contribution in [1.29, 1.82) is 0 Å². The van der Waals surface area contributed by atoms with E-state index in [2.05, 4.69) is 5.32 Å². The molecule has 1 rings (SSSR count). The van der Waals surface area contributed by atoms with Gasteiger partial charge in [-0.15, -0.1) is 0 Å². The third-order valence-electron chi connectivity index (χ3n) is 2.42. The van der Waals surface area contributed by atoms with E-state index in [1.54, 1.807) is 6.92 Å². The van der Waals surface area contributed by atoms with Crippen molar-refractivity contribution < 1.29 is 9.53 Å². The second-order valence-corrected chi connectivity index (χ2v) is 4.04. The fraction of sp³-hybridized carbons (Fsp3) is 0.462. The van der Waals surface area contributed by atoms with Crippen LogP contribution in [0.15, 0.2) is 18.2 Å². The van der Waals surface area contributed by atoms with Gasteiger partial charge in [0.05, 0.1) is 12.6 Å². The second kappa shape index (κ2) is 6.25. The van der Waals surface area contributed by atoms with Gasteiger partial charge in [-0.1, -0.05) is 12.1 Å². The minimum atomic E-state index is -0.473. The summed E-state index contributed by atoms with van der Waals surface area (Å²) in [6.45, 7) is 6.76. The van der Waals surface area contributed by atoms with E-state index in [1.165, 1.54) is 0 Å². The third-order valence-corrected chi connectivity index (χ3v) is 2.42. The third kappa shape index (κ3) is 4.07. The van der Waals surface area contributed by atoms with Crippen molar-refractivity contribution in [1.82, 2.24) is 5.32 Å². The molecule has 0 radical (unpaired) electrons. The van der Waals surface area contributed by atoms with Crippen LogP contribution in [0.5, 0.6) is 5.75 Å². The lowest BCUT2D eigenvalue weighted by atomic mass is 10.1. The average Bonchev–Trinajstić information content (AvgIpc) is 2.29. The number of benzene rings is 1. The number of carbonyl (C=O) groups is 1. The van der Waals surface area contributed by atoms with Crippen molar-refractivity contribution in [2.45, 2.75) is 33.4 Å². The van der Waals surface area contributed by atoms with E-state index in [0.29, 0.717) is 13.2 Å². The van der Waals surface area contributed by atoms with Crippen molar-refractivity contribution in [3.63, 3.8) is 0 Å². The summed E-state index contributed by atoms with van der Waals surface area (Å²) in [5.41, 5.74) is 7.57. The SMILES string of the molecule is CCOc1ccc(CNC(=O)C(C)N)cc1C. The van der Waals surface area contributed by atoms with Crippen LogP contribution in [0, 0.1) is 6.92 Å². The standard InChI is InChI=1S/C13H20N2O2/c1-4-17-12-6-5-11(7-9(12)2)8-15-13(16)10(3)14/h5-7,10H,4,8,14H2,1-3H3,(H,15,16). The summed E-state index contributed by atoms with van der Waals surface area (Å²) in [6, 6.07) is 5.40. The average molecular weight is 236 g/mol. The molecular formula is C13H20N2O2. The van der Waals surface area contributed by atoms with E-state index in [-0.39, 0.29) is 5.91 Å². The first kappa shape index (κ1) is 13.5. The van der Waals surface area contributed by atoms with Crippen LogP contribution in [0.25, 0.3) is 0 Å². The summed E-state index contributed by atoms with van der Waals surface area (Å²) < 4.78 is 5.45. The molecule has 94 valence electrons. The Hall–Kier alpha value is -1.55. The number of ether oxygens (including phenoxy) is 1. The summed E-state index contributed by atoms with van der Waals surface area (Å²) in [4.78, 5) is 11.3. The first-order chi connectivity index (χ1) is 8.04. The second-order valence-electron chi connectivity index (χ2n) is 4.04. The Kier molecular flexibility index (Phi) is 4.97. The van der Waals surface area contributed by atoms with E-state index in [4.69, 9.17) is 10.5 Å². The highest BCUT2D eigenvalue weighted by atomic mass is 16.5. The minimum Gasteiger partial charge on any atom is -0.494 e. The molecule has 0 saturated heterocycles. The largest absolute Gasteiger partial charge is 0.494 e. The van der Waals surface area contributed by atoms with Crippen molar-refractivity contribution in [3.8, 4) is 5.75 Å². The highest BCUT2D eigenvalue weighted by Crippen LogP contribution is 2.18. The number of hydrogen-bond donors (Lipinski definition) is 2. The van der Waals surface area contributed by atoms with Gasteiger partial charge < -0.3 is 15.8 Å². The molecular weight excluding hydrogens is 216 g/mol. The van der Waals surface area contributed by atoms with Gasteiger partial charge in [0, 0.05) is 6.54 Å². The molecule has 0 aliphatic heterocycles. The number of nitrogens with two attached hydrogens (primary N) is 1. The van der Waals surface area contributed by atoms with Crippen LogP contribution in [0.4, 0.5) is 0 Å². The summed E-state index contributed by atoms with van der Waals surface area (Å²) in [6.07, 6.45) is 0. The van der Waals surface area contributed by atoms with Crippen LogP contribution in [0.3, 0.4) is 0 Å². The number of nitrogens with one attached hydrogen (secondary N) is 1. The van der Waals surface area contributed by atoms with Crippen molar-refractivity contribution >= 4 is 5.91 Å². The molecule has 1 atom stereocenters. The molecule has 4 nitrogen and oxygen atoms in total. The van der Waals surface area contributed by atoms with E-state index >= 15 is 0 Å². The molecule has 0 saturated carbocycles. The summed E-state index contributed by atoms with van der Waals surface area (Å²) in [5.74, 6) is 0.742. The molecule has 1 aromatic carbocycles. The molecule has 3 N–H and O–H groups in total. The van der Waals surface area contributed by atoms with Gasteiger partial charge in [0.1, 0.15) is 5.75 Å². The molecule has 1 unspecified atom stereocenters. The first-order valence-electron chi connectivity index (χ1n) is 5.80. The normalized spacial score (nSPS) is 12.0. The Morgan fingerprint density at radius 3 is 2.76 bits per heavy atom. The van der Waals surface area contributed by atoms with E-state index < -0.39 is 6.04 Å². The Morgan fingerprint density at radius 1 is 1.53 bits per heavy atom. The lowest BCUT2D eigenvalue weighted by Gasteiger charge is -2.11. The number of hydrogen-bond acceptors (Lipinski definition) is 3. The number of carbonyl (C=O) groups excluding carboxylic acids is 1. The maximum absolute atomic E-state index is 11.3. The fourth-order valence-electron chi connectivity index (χ4n) is 1.49. The summed E-state index contributed by atoms with van der Waals surface area (Å²) in [5, 5.41) is 2.77. The van der Waals surface area contributed by atoms with Crippen molar-refractivity contribution in [2.24, 2.45) is 5.73 Å². The number of aryl methyl sites for hydroxylation is 1. The molecule has 0 spiro atoms. The molecule has 0 heterocycles. The van der Waals surface area contributed by atoms with Crippen LogP contribution in [0.2, 0.25) is 0 Å². The van der Waals surface area contributed by atoms with Gasteiger partial charge in [-0.2, -0.15) is 0 Å². The summed E-state index contributed by atoms with van der Waals surface area (Å²) >= 11 is 0. The monoisotopic (exact) mass is 236 g/mol. The van der Waals surface area contributed by atoms with Crippen molar-refractivity contribution in [3.05, 3.63) is 29.3 Å². The van der Waals surface area contributed by atoms with E-state index in [1.807, 2.05) is 32.0 Å². The maximum atomic E-state index is 11.3. The molecule has 0 fully saturated rings. The van der Waals surface area contributed by atoms with Crippen molar-refractivity contribution in [2.75, 3.05) is 6.61 Å². The molecule has 1 aromatic rings. The molecule has 0 aromatic heterocycles. The Balaban J connectivity index is 2.61. The lowest BCUT2D eigenvalue weighted by molar-refractivity contribution is -0.122. The molecule has 0 bridgehead atoms. The van der Waals surface area contributed by atoms with Crippen LogP contribution in [-0.2, 0) is 11.3 Å². The van der Waals surface area contributed by atoms with Gasteiger partial charge in [-0.05, 0) is 38.0 Å². The smallest absolute Gasteiger partial charge is 0.236 e. The van der Waals surface area contributed by atoms with Crippen LogP contribution in [-0.4, -0.2) is 18.6 Å². The number of amides is 1. The van der Waals surface area contributed by atoms with Gasteiger partial charge in [0.25, 0.3) is 0 Å². The van der Waals surface area contributed by atoms with Gasteiger partial charge in [-0.25, -0.2) is 0 Å². The van der Waals surface area contributed by atoms with E-state index in [9.17, 15) is 4.79 Å². The van der Waals surface area contributed by atoms with Gasteiger partial charge >= 0.3 is 0 Å². The zero-order chi connectivity index (χ0) is 12.8. The molecule has 4 heteroatoms. The highest BCUT2D eigenvalue weighted by Gasteiger charge is 2.07. The lowest BCUT2D eigenvalue weighted by Crippen LogP contribution is -2.37. The van der Waals surface area contributed by atoms with E-state index in [0.717, 1.165) is 16.9 Å². The Morgan fingerprint density at radius 2 is 2.24 bits per heavy atom. The zero-order valence-corrected chi connectivity index (χ0v) is 10.6. The topological polar surface area (TPSA) is 64.3 Å². The molecule has 1 amide bonds. The van der Waals surface area contributed by atoms with Gasteiger partial charge in [-0.3, -0.25) is 4.79 Å². The molecule has 0 aliphatic carbocycles. The fourth-order valence-corrected chi connectivity index (χ4v) is 1.49. The first-order valence-corrected chi connectivity index (χ1v) is 5.80. The van der Waals surface area contributed by atoms with Crippen LogP contribution in [0.1, 0.15) is 25.0 Å². The minimum absolute atomic E-state index is 0.142. The quantitative estimate of drug-likeness (QED) is 0.811. The van der Waals surface area contributed by atoms with Gasteiger partial charge in [0.15, 0.2) is 0 Å². The Bertz CT molecular complexity index is 389. The Labute approximate surface area is 102 Å². The molecule has 17 heavy (non-hydrogen) atoms. The summed E-state index contributed by atoms with van der Waals surface area (Å²) in [7, 11) is 0.